The summed E-state index contributed by atoms with van der Waals surface area (Å²) in [5.41, 5.74) is 1.24. The lowest BCUT2D eigenvalue weighted by molar-refractivity contribution is -0.603. The van der Waals surface area contributed by atoms with Gasteiger partial charge < -0.3 is 21.2 Å². The molecular weight excluding hydrogens is 458 g/mol. The van der Waals surface area contributed by atoms with Crippen molar-refractivity contribution in [2.45, 2.75) is 63.5 Å². The minimum Gasteiger partial charge on any atom is -0.710 e. The standard InChI is InChI=1S/C25H31N9O2/c1-16-13-21(34(36)23-22(16)24(35)32-25(23)8-3-2-4-9-25)31-19-14-18(27-15-28-19)30-20-7-12-29-33(20)17-5-10-26-11-6-17/h7,12-15,17,26H,2-6,8-11H2,1H3,(H,32,35)(H2,27,28,30,31). The molecule has 2 aliphatic heterocycles. The Kier molecular flexibility index (Phi) is 5.71. The van der Waals surface area contributed by atoms with Crippen molar-refractivity contribution in [2.24, 2.45) is 0 Å². The van der Waals surface area contributed by atoms with Crippen molar-refractivity contribution in [1.29, 1.82) is 0 Å². The number of carbonyl (C=O) groups excluding carboxylic acids is 1. The largest absolute Gasteiger partial charge is 0.710 e. The molecule has 3 aliphatic rings. The van der Waals surface area contributed by atoms with Crippen LogP contribution in [0.15, 0.2) is 30.7 Å². The first-order chi connectivity index (χ1) is 17.5. The second kappa shape index (κ2) is 9.05. The first-order valence-corrected chi connectivity index (χ1v) is 12.7. The van der Waals surface area contributed by atoms with Gasteiger partial charge in [0, 0.05) is 18.2 Å². The van der Waals surface area contributed by atoms with Gasteiger partial charge in [-0.2, -0.15) is 10.1 Å². The summed E-state index contributed by atoms with van der Waals surface area (Å²) < 4.78 is 2.89. The molecule has 4 N–H and O–H groups in total. The van der Waals surface area contributed by atoms with E-state index in [2.05, 4.69) is 36.3 Å². The molecule has 1 aliphatic carbocycles. The van der Waals surface area contributed by atoms with E-state index in [0.717, 1.165) is 74.1 Å². The van der Waals surface area contributed by atoms with Gasteiger partial charge in [0.2, 0.25) is 5.82 Å². The van der Waals surface area contributed by atoms with Gasteiger partial charge in [-0.1, -0.05) is 19.3 Å². The molecule has 5 heterocycles. The van der Waals surface area contributed by atoms with Crippen molar-refractivity contribution in [1.82, 2.24) is 30.4 Å². The number of rotatable bonds is 5. The highest BCUT2D eigenvalue weighted by Crippen LogP contribution is 2.42. The van der Waals surface area contributed by atoms with Gasteiger partial charge in [-0.05, 0) is 51.3 Å². The fourth-order valence-electron chi connectivity index (χ4n) is 5.92. The first kappa shape index (κ1) is 22.7. The average molecular weight is 490 g/mol. The molecule has 1 saturated carbocycles. The minimum absolute atomic E-state index is 0.153. The molecule has 11 heteroatoms. The van der Waals surface area contributed by atoms with Crippen LogP contribution in [0.5, 0.6) is 0 Å². The number of aromatic nitrogens is 5. The Morgan fingerprint density at radius 2 is 1.86 bits per heavy atom. The fourth-order valence-corrected chi connectivity index (χ4v) is 5.92. The lowest BCUT2D eigenvalue weighted by Gasteiger charge is -2.34. The molecule has 6 rings (SSSR count). The maximum atomic E-state index is 13.6. The number of carbonyl (C=O) groups is 1. The van der Waals surface area contributed by atoms with E-state index in [4.69, 9.17) is 0 Å². The van der Waals surface area contributed by atoms with Crippen molar-refractivity contribution in [3.8, 4) is 0 Å². The number of pyridine rings is 1. The highest BCUT2D eigenvalue weighted by Gasteiger charge is 2.48. The zero-order valence-corrected chi connectivity index (χ0v) is 20.4. The van der Waals surface area contributed by atoms with Gasteiger partial charge >= 0.3 is 0 Å². The normalized spacial score (nSPS) is 19.2. The smallest absolute Gasteiger partial charge is 0.284 e. The molecule has 0 unspecified atom stereocenters. The molecule has 3 aromatic heterocycles. The average Bonchev–Trinajstić information content (AvgIpc) is 3.46. The van der Waals surface area contributed by atoms with Crippen LogP contribution in [0.2, 0.25) is 0 Å². The zero-order chi connectivity index (χ0) is 24.7. The van der Waals surface area contributed by atoms with Gasteiger partial charge in [0.05, 0.1) is 17.8 Å². The molecule has 2 fully saturated rings. The highest BCUT2D eigenvalue weighted by atomic mass is 16.5. The molecule has 188 valence electrons. The van der Waals surface area contributed by atoms with Crippen molar-refractivity contribution in [2.75, 3.05) is 23.7 Å². The van der Waals surface area contributed by atoms with Crippen molar-refractivity contribution >= 4 is 29.2 Å². The van der Waals surface area contributed by atoms with E-state index in [0.29, 0.717) is 34.8 Å². The van der Waals surface area contributed by atoms with E-state index in [1.165, 1.54) is 6.33 Å². The third-order valence-corrected chi connectivity index (χ3v) is 7.65. The van der Waals surface area contributed by atoms with Gasteiger partial charge in [0.25, 0.3) is 11.7 Å². The van der Waals surface area contributed by atoms with Crippen molar-refractivity contribution in [3.05, 3.63) is 52.8 Å². The monoisotopic (exact) mass is 489 g/mol. The summed E-state index contributed by atoms with van der Waals surface area (Å²) in [7, 11) is 0. The number of fused-ring (bicyclic) bond motifs is 2. The molecule has 36 heavy (non-hydrogen) atoms. The van der Waals surface area contributed by atoms with Gasteiger partial charge in [0.15, 0.2) is 0 Å². The van der Waals surface area contributed by atoms with Crippen LogP contribution in [0, 0.1) is 12.1 Å². The number of piperidine rings is 1. The summed E-state index contributed by atoms with van der Waals surface area (Å²) in [6.45, 7) is 3.83. The van der Waals surface area contributed by atoms with Crippen LogP contribution in [-0.2, 0) is 5.54 Å². The minimum atomic E-state index is -0.583. The molecular formula is C25H31N9O2. The lowest BCUT2D eigenvalue weighted by Crippen LogP contribution is -2.49. The number of amides is 1. The van der Waals surface area contributed by atoms with E-state index in [1.54, 1.807) is 18.3 Å². The van der Waals surface area contributed by atoms with E-state index >= 15 is 0 Å². The van der Waals surface area contributed by atoms with Gasteiger partial charge in [-0.25, -0.2) is 19.7 Å². The highest BCUT2D eigenvalue weighted by molar-refractivity contribution is 6.00. The van der Waals surface area contributed by atoms with Crippen LogP contribution in [0.4, 0.5) is 23.3 Å². The number of nitrogens with zero attached hydrogens (tertiary/aromatic N) is 5. The summed E-state index contributed by atoms with van der Waals surface area (Å²) in [5.74, 6) is 2.14. The van der Waals surface area contributed by atoms with Crippen LogP contribution >= 0.6 is 0 Å². The third kappa shape index (κ3) is 3.93. The molecule has 1 saturated heterocycles. The number of hydrogen-bond acceptors (Lipinski definition) is 8. The van der Waals surface area contributed by atoms with Gasteiger partial charge in [-0.3, -0.25) is 4.79 Å². The maximum Gasteiger partial charge on any atom is 0.284 e. The van der Waals surface area contributed by atoms with Gasteiger partial charge in [-0.15, -0.1) is 0 Å². The molecule has 11 nitrogen and oxygen atoms in total. The van der Waals surface area contributed by atoms with Gasteiger partial charge in [0.1, 0.15) is 29.2 Å². The molecule has 0 radical (unpaired) electrons. The Hall–Kier alpha value is -3.73. The zero-order valence-electron chi connectivity index (χ0n) is 20.4. The second-order valence-electron chi connectivity index (χ2n) is 10.0. The topological polar surface area (TPSA) is 136 Å². The summed E-state index contributed by atoms with van der Waals surface area (Å²) in [5, 5.41) is 31.1. The number of aryl methyl sites for hydroxylation is 1. The first-order valence-electron chi connectivity index (χ1n) is 12.7. The predicted octanol–water partition coefficient (Wildman–Crippen LogP) is 2.93. The third-order valence-electron chi connectivity index (χ3n) is 7.65. The van der Waals surface area contributed by atoms with Crippen LogP contribution in [0.3, 0.4) is 0 Å². The molecule has 1 spiro atoms. The van der Waals surface area contributed by atoms with E-state index in [-0.39, 0.29) is 5.91 Å². The molecule has 0 bridgehead atoms. The second-order valence-corrected chi connectivity index (χ2v) is 10.0. The molecule has 1 amide bonds. The van der Waals surface area contributed by atoms with Crippen LogP contribution in [-0.4, -0.2) is 38.7 Å². The van der Waals surface area contributed by atoms with E-state index in [1.807, 2.05) is 17.7 Å². The Bertz CT molecular complexity index is 1290. The molecule has 0 atom stereocenters. The lowest BCUT2D eigenvalue weighted by atomic mass is 9.79. The van der Waals surface area contributed by atoms with Crippen LogP contribution in [0.25, 0.3) is 0 Å². The summed E-state index contributed by atoms with van der Waals surface area (Å²) >= 11 is 0. The maximum absolute atomic E-state index is 13.6. The summed E-state index contributed by atoms with van der Waals surface area (Å²) in [6.07, 6.45) is 9.95. The van der Waals surface area contributed by atoms with E-state index in [9.17, 15) is 10.0 Å². The number of nitrogens with one attached hydrogen (secondary N) is 4. The summed E-state index contributed by atoms with van der Waals surface area (Å²) in [4.78, 5) is 21.5. The quantitative estimate of drug-likeness (QED) is 0.317. The van der Waals surface area contributed by atoms with Crippen LogP contribution in [0.1, 0.15) is 72.6 Å². The Morgan fingerprint density at radius 3 is 2.64 bits per heavy atom. The van der Waals surface area contributed by atoms with Crippen LogP contribution < -0.4 is 26.0 Å². The molecule has 0 aromatic carbocycles. The number of anilines is 4. The summed E-state index contributed by atoms with van der Waals surface area (Å²) in [6, 6.07) is 5.75. The predicted molar refractivity (Wildman–Crippen MR) is 134 cm³/mol. The van der Waals surface area contributed by atoms with E-state index < -0.39 is 5.54 Å². The fraction of sp³-hybridized carbons (Fsp3) is 0.480. The molecule has 3 aromatic rings. The van der Waals surface area contributed by atoms with Crippen molar-refractivity contribution in [3.63, 3.8) is 0 Å². The Balaban J connectivity index is 1.27. The Labute approximate surface area is 209 Å². The van der Waals surface area contributed by atoms with Crippen molar-refractivity contribution < 1.29 is 9.52 Å². The Morgan fingerprint density at radius 1 is 1.11 bits per heavy atom. The SMILES string of the molecule is Cc1cc(Nc2cc(Nc3ccnn3C3CCNCC3)ncn2)[n+]([O-])c2c1C(=O)NC21CCCCC1. The number of hydrogen-bond donors (Lipinski definition) is 4.